The molecule has 0 spiro atoms. The number of methoxy groups -OCH3 is 1. The Kier molecular flexibility index (Phi) is 6.02. The average Bonchev–Trinajstić information content (AvgIpc) is 2.88. The van der Waals surface area contributed by atoms with Crippen LogP contribution in [0.4, 0.5) is 0 Å². The lowest BCUT2D eigenvalue weighted by atomic mass is 10.00. The lowest BCUT2D eigenvalue weighted by Crippen LogP contribution is -2.31. The summed E-state index contributed by atoms with van der Waals surface area (Å²) in [5, 5.41) is 7.35. The summed E-state index contributed by atoms with van der Waals surface area (Å²) in [5.74, 6) is 0. The lowest BCUT2D eigenvalue weighted by Gasteiger charge is -2.19. The fraction of sp³-hybridized carbons (Fsp3) is 0.529. The number of nitrogens with one attached hydrogen (secondary N) is 1. The van der Waals surface area contributed by atoms with Crippen molar-refractivity contribution in [2.75, 3.05) is 13.7 Å². The number of ether oxygens (including phenoxy) is 1. The first-order chi connectivity index (χ1) is 9.74. The van der Waals surface area contributed by atoms with Gasteiger partial charge in [0.15, 0.2) is 0 Å². The Bertz CT molecular complexity index is 522. The van der Waals surface area contributed by atoms with E-state index in [-0.39, 0.29) is 0 Å². The second kappa shape index (κ2) is 7.77. The van der Waals surface area contributed by atoms with Crippen LogP contribution in [0.15, 0.2) is 29.6 Å². The van der Waals surface area contributed by atoms with Crippen LogP contribution in [-0.2, 0) is 11.2 Å². The van der Waals surface area contributed by atoms with Gasteiger partial charge in [-0.2, -0.15) is 0 Å². The molecule has 110 valence electrons. The van der Waals surface area contributed by atoms with Crippen molar-refractivity contribution < 1.29 is 4.74 Å². The molecular weight excluding hydrogens is 266 g/mol. The van der Waals surface area contributed by atoms with E-state index < -0.39 is 0 Å². The van der Waals surface area contributed by atoms with Crippen molar-refractivity contribution in [3.63, 3.8) is 0 Å². The highest BCUT2D eigenvalue weighted by Crippen LogP contribution is 2.27. The summed E-state index contributed by atoms with van der Waals surface area (Å²) in [7, 11) is 1.79. The van der Waals surface area contributed by atoms with E-state index >= 15 is 0 Å². The van der Waals surface area contributed by atoms with E-state index in [0.717, 1.165) is 25.8 Å². The van der Waals surface area contributed by atoms with Gasteiger partial charge in [0.1, 0.15) is 0 Å². The number of likely N-dealkylation sites (N-methyl/N-ethyl adjacent to an activating group) is 1. The van der Waals surface area contributed by atoms with Crippen molar-refractivity contribution >= 4 is 21.4 Å². The van der Waals surface area contributed by atoms with Crippen LogP contribution >= 0.6 is 11.3 Å². The van der Waals surface area contributed by atoms with E-state index in [1.807, 2.05) is 11.3 Å². The highest BCUT2D eigenvalue weighted by molar-refractivity contribution is 7.17. The molecule has 0 saturated heterocycles. The molecule has 1 aromatic carbocycles. The highest BCUT2D eigenvalue weighted by atomic mass is 32.1. The summed E-state index contributed by atoms with van der Waals surface area (Å²) in [6.45, 7) is 5.34. The van der Waals surface area contributed by atoms with Crippen molar-refractivity contribution in [2.24, 2.45) is 0 Å². The van der Waals surface area contributed by atoms with Crippen LogP contribution in [0.5, 0.6) is 0 Å². The summed E-state index contributed by atoms with van der Waals surface area (Å²) < 4.78 is 6.75. The fourth-order valence-corrected chi connectivity index (χ4v) is 3.55. The van der Waals surface area contributed by atoms with Crippen molar-refractivity contribution in [1.82, 2.24) is 5.32 Å². The molecule has 3 heteroatoms. The van der Waals surface area contributed by atoms with Gasteiger partial charge in [-0.15, -0.1) is 11.3 Å². The molecule has 1 aromatic heterocycles. The fourth-order valence-electron chi connectivity index (χ4n) is 2.58. The highest BCUT2D eigenvalue weighted by Gasteiger charge is 2.13. The number of rotatable bonds is 8. The lowest BCUT2D eigenvalue weighted by molar-refractivity contribution is 0.106. The minimum Gasteiger partial charge on any atom is -0.382 e. The first kappa shape index (κ1) is 15.5. The molecule has 20 heavy (non-hydrogen) atoms. The molecule has 0 aliphatic rings. The van der Waals surface area contributed by atoms with Gasteiger partial charge in [-0.1, -0.05) is 25.1 Å². The van der Waals surface area contributed by atoms with E-state index in [1.54, 1.807) is 7.11 Å². The Labute approximate surface area is 126 Å². The number of hydrogen-bond acceptors (Lipinski definition) is 3. The zero-order chi connectivity index (χ0) is 14.4. The van der Waals surface area contributed by atoms with Crippen LogP contribution in [0.25, 0.3) is 10.1 Å². The van der Waals surface area contributed by atoms with Gasteiger partial charge in [0.05, 0.1) is 6.10 Å². The second-order valence-electron chi connectivity index (χ2n) is 5.34. The van der Waals surface area contributed by atoms with E-state index in [4.69, 9.17) is 4.74 Å². The Balaban J connectivity index is 2.03. The smallest absolute Gasteiger partial charge is 0.0543 e. The molecule has 2 aromatic rings. The molecule has 2 atom stereocenters. The molecule has 2 unspecified atom stereocenters. The minimum atomic E-state index is 0.343. The predicted molar refractivity (Wildman–Crippen MR) is 88.7 cm³/mol. The molecule has 0 fully saturated rings. The Morgan fingerprint density at radius 2 is 2.05 bits per heavy atom. The van der Waals surface area contributed by atoms with Gasteiger partial charge < -0.3 is 10.1 Å². The number of hydrogen-bond donors (Lipinski definition) is 1. The maximum atomic E-state index is 5.36. The Hall–Kier alpha value is -0.900. The van der Waals surface area contributed by atoms with Crippen molar-refractivity contribution in [2.45, 2.75) is 45.3 Å². The van der Waals surface area contributed by atoms with Crippen LogP contribution in [0.3, 0.4) is 0 Å². The van der Waals surface area contributed by atoms with Crippen LogP contribution in [0, 0.1) is 0 Å². The molecule has 1 heterocycles. The maximum absolute atomic E-state index is 5.36. The molecule has 0 amide bonds. The van der Waals surface area contributed by atoms with Crippen molar-refractivity contribution in [1.29, 1.82) is 0 Å². The molecule has 0 aliphatic carbocycles. The first-order valence-corrected chi connectivity index (χ1v) is 8.33. The van der Waals surface area contributed by atoms with E-state index in [9.17, 15) is 0 Å². The summed E-state index contributed by atoms with van der Waals surface area (Å²) in [4.78, 5) is 0. The van der Waals surface area contributed by atoms with Crippen molar-refractivity contribution in [3.05, 3.63) is 35.2 Å². The molecule has 2 rings (SSSR count). The van der Waals surface area contributed by atoms with Crippen LogP contribution in [-0.4, -0.2) is 25.8 Å². The van der Waals surface area contributed by atoms with E-state index in [0.29, 0.717) is 12.1 Å². The average molecular weight is 291 g/mol. The predicted octanol–water partition coefficient (Wildman–Crippen LogP) is 4.24. The maximum Gasteiger partial charge on any atom is 0.0543 e. The molecule has 0 radical (unpaired) electrons. The second-order valence-corrected chi connectivity index (χ2v) is 6.25. The summed E-state index contributed by atoms with van der Waals surface area (Å²) in [5.41, 5.74) is 1.47. The number of fused-ring (bicyclic) bond motifs is 1. The number of thiophene rings is 1. The molecule has 2 nitrogen and oxygen atoms in total. The number of benzene rings is 1. The molecule has 1 N–H and O–H groups in total. The minimum absolute atomic E-state index is 0.343. The first-order valence-electron chi connectivity index (χ1n) is 7.45. The van der Waals surface area contributed by atoms with Crippen LogP contribution < -0.4 is 5.32 Å². The Morgan fingerprint density at radius 1 is 1.25 bits per heavy atom. The Morgan fingerprint density at radius 3 is 2.80 bits per heavy atom. The quantitative estimate of drug-likeness (QED) is 0.785. The summed E-state index contributed by atoms with van der Waals surface area (Å²) in [6, 6.07) is 9.23. The normalized spacial score (nSPS) is 14.6. The van der Waals surface area contributed by atoms with E-state index in [2.05, 4.69) is 48.8 Å². The van der Waals surface area contributed by atoms with Gasteiger partial charge >= 0.3 is 0 Å². The standard InChI is InChI=1S/C17H25NOS/c1-4-18-15(10-9-13(2)19-3)11-14-12-20-17-8-6-5-7-16(14)17/h5-8,12-13,15,18H,4,9-11H2,1-3H3. The summed E-state index contributed by atoms with van der Waals surface area (Å²) in [6.07, 6.45) is 3.72. The van der Waals surface area contributed by atoms with Gasteiger partial charge in [0, 0.05) is 17.9 Å². The third-order valence-corrected chi connectivity index (χ3v) is 4.86. The topological polar surface area (TPSA) is 21.3 Å². The molecule has 0 bridgehead atoms. The molecular formula is C17H25NOS. The molecule has 0 saturated carbocycles. The van der Waals surface area contributed by atoms with Gasteiger partial charge in [-0.25, -0.2) is 0 Å². The zero-order valence-electron chi connectivity index (χ0n) is 12.7. The van der Waals surface area contributed by atoms with Gasteiger partial charge in [0.25, 0.3) is 0 Å². The molecule has 0 aliphatic heterocycles. The van der Waals surface area contributed by atoms with Gasteiger partial charge in [0.2, 0.25) is 0 Å². The van der Waals surface area contributed by atoms with Gasteiger partial charge in [-0.3, -0.25) is 0 Å². The van der Waals surface area contributed by atoms with E-state index in [1.165, 1.54) is 15.6 Å². The third kappa shape index (κ3) is 4.05. The monoisotopic (exact) mass is 291 g/mol. The third-order valence-electron chi connectivity index (χ3n) is 3.84. The van der Waals surface area contributed by atoms with Gasteiger partial charge in [-0.05, 0) is 55.1 Å². The summed E-state index contributed by atoms with van der Waals surface area (Å²) >= 11 is 1.85. The van der Waals surface area contributed by atoms with Crippen LogP contribution in [0.1, 0.15) is 32.3 Å². The van der Waals surface area contributed by atoms with Crippen molar-refractivity contribution in [3.8, 4) is 0 Å². The zero-order valence-corrected chi connectivity index (χ0v) is 13.5. The SMILES string of the molecule is CCNC(CCC(C)OC)Cc1csc2ccccc12. The van der Waals surface area contributed by atoms with Crippen LogP contribution in [0.2, 0.25) is 0 Å². The largest absolute Gasteiger partial charge is 0.382 e.